The van der Waals surface area contributed by atoms with Gasteiger partial charge in [-0.15, -0.1) is 13.2 Å². The van der Waals surface area contributed by atoms with Crippen LogP contribution in [0.15, 0.2) is 15.3 Å². The summed E-state index contributed by atoms with van der Waals surface area (Å²) in [4.78, 5) is 13.0. The van der Waals surface area contributed by atoms with Crippen LogP contribution < -0.4 is 10.2 Å². The zero-order chi connectivity index (χ0) is 11.6. The molecule has 1 aromatic heterocycles. The molecule has 0 aliphatic heterocycles. The number of hydrogen-bond donors (Lipinski definition) is 1. The van der Waals surface area contributed by atoms with Gasteiger partial charge in [-0.2, -0.15) is 5.26 Å². The Morgan fingerprint density at radius 2 is 2.13 bits per heavy atom. The van der Waals surface area contributed by atoms with Crippen molar-refractivity contribution in [3.63, 3.8) is 0 Å². The largest absolute Gasteiger partial charge is 0.574 e. The summed E-state index contributed by atoms with van der Waals surface area (Å²) in [7, 11) is 0. The van der Waals surface area contributed by atoms with E-state index in [2.05, 4.69) is 20.7 Å². The predicted molar refractivity (Wildman–Crippen MR) is 46.2 cm³/mol. The molecule has 0 spiro atoms. The fourth-order valence-corrected chi connectivity index (χ4v) is 1.08. The molecule has 0 aliphatic carbocycles. The molecule has 15 heavy (non-hydrogen) atoms. The lowest BCUT2D eigenvalue weighted by Crippen LogP contribution is -2.20. The van der Waals surface area contributed by atoms with Crippen LogP contribution >= 0.6 is 15.9 Å². The van der Waals surface area contributed by atoms with Crippen molar-refractivity contribution in [2.24, 2.45) is 0 Å². The Bertz CT molecular complexity index is 475. The second-order valence-corrected chi connectivity index (χ2v) is 3.14. The Balaban J connectivity index is 3.20. The highest BCUT2D eigenvalue weighted by atomic mass is 79.9. The van der Waals surface area contributed by atoms with Crippen molar-refractivity contribution in [2.45, 2.75) is 6.36 Å². The van der Waals surface area contributed by atoms with E-state index < -0.39 is 17.7 Å². The van der Waals surface area contributed by atoms with E-state index in [1.807, 2.05) is 4.98 Å². The Morgan fingerprint density at radius 3 is 2.60 bits per heavy atom. The van der Waals surface area contributed by atoms with Crippen LogP contribution in [0.1, 0.15) is 5.69 Å². The summed E-state index contributed by atoms with van der Waals surface area (Å²) < 4.78 is 38.6. The first kappa shape index (κ1) is 11.6. The molecule has 0 atom stereocenters. The molecule has 1 heterocycles. The van der Waals surface area contributed by atoms with Gasteiger partial charge < -0.3 is 9.72 Å². The summed E-state index contributed by atoms with van der Waals surface area (Å²) in [6.07, 6.45) is -4.91. The van der Waals surface area contributed by atoms with Crippen LogP contribution in [-0.4, -0.2) is 11.3 Å². The van der Waals surface area contributed by atoms with Crippen molar-refractivity contribution in [1.82, 2.24) is 4.98 Å². The summed E-state index contributed by atoms with van der Waals surface area (Å²) in [6.45, 7) is 0. The number of nitrogens with zero attached hydrogens (tertiary/aromatic N) is 1. The van der Waals surface area contributed by atoms with Gasteiger partial charge in [0.1, 0.15) is 11.8 Å². The zero-order valence-electron chi connectivity index (χ0n) is 6.85. The highest BCUT2D eigenvalue weighted by molar-refractivity contribution is 9.10. The molecular weight excluding hydrogens is 281 g/mol. The molecule has 0 radical (unpaired) electrons. The average Bonchev–Trinajstić information content (AvgIpc) is 2.08. The van der Waals surface area contributed by atoms with E-state index in [9.17, 15) is 18.0 Å². The van der Waals surface area contributed by atoms with E-state index >= 15 is 0 Å². The Morgan fingerprint density at radius 1 is 1.53 bits per heavy atom. The normalized spacial score (nSPS) is 10.9. The van der Waals surface area contributed by atoms with Crippen molar-refractivity contribution in [3.05, 3.63) is 26.5 Å². The minimum atomic E-state index is -4.91. The molecule has 0 aliphatic rings. The van der Waals surface area contributed by atoms with Gasteiger partial charge in [-0.25, -0.2) is 0 Å². The third-order valence-electron chi connectivity index (χ3n) is 1.28. The van der Waals surface area contributed by atoms with Crippen molar-refractivity contribution < 1.29 is 17.9 Å². The van der Waals surface area contributed by atoms with E-state index in [1.54, 1.807) is 0 Å². The molecule has 0 amide bonds. The molecule has 0 fully saturated rings. The van der Waals surface area contributed by atoms with Crippen LogP contribution in [0.2, 0.25) is 0 Å². The molecule has 0 aromatic carbocycles. The van der Waals surface area contributed by atoms with Crippen molar-refractivity contribution >= 4 is 15.9 Å². The number of nitrogens with one attached hydrogen (secondary N) is 1. The molecule has 4 nitrogen and oxygen atoms in total. The lowest BCUT2D eigenvalue weighted by Gasteiger charge is -2.08. The fraction of sp³-hybridized carbons (Fsp3) is 0.143. The molecular formula is C7H2BrF3N2O2. The van der Waals surface area contributed by atoms with Gasteiger partial charge in [0.05, 0.1) is 4.47 Å². The summed E-state index contributed by atoms with van der Waals surface area (Å²) >= 11 is 2.75. The maximum absolute atomic E-state index is 11.8. The molecule has 8 heteroatoms. The first-order valence-electron chi connectivity index (χ1n) is 3.42. The van der Waals surface area contributed by atoms with Gasteiger partial charge >= 0.3 is 6.36 Å². The van der Waals surface area contributed by atoms with E-state index in [-0.39, 0.29) is 10.2 Å². The molecule has 1 N–H and O–H groups in total. The lowest BCUT2D eigenvalue weighted by atomic mass is 10.3. The predicted octanol–water partition coefficient (Wildman–Crippen LogP) is 1.91. The van der Waals surface area contributed by atoms with Crippen LogP contribution in [0.3, 0.4) is 0 Å². The van der Waals surface area contributed by atoms with Crippen molar-refractivity contribution in [3.8, 4) is 11.9 Å². The van der Waals surface area contributed by atoms with Crippen molar-refractivity contribution in [1.29, 1.82) is 5.26 Å². The number of pyridine rings is 1. The van der Waals surface area contributed by atoms with Crippen molar-refractivity contribution in [2.75, 3.05) is 0 Å². The molecule has 1 rings (SSSR count). The van der Waals surface area contributed by atoms with Crippen LogP contribution in [0.25, 0.3) is 0 Å². The number of alkyl halides is 3. The van der Waals surface area contributed by atoms with E-state index in [0.29, 0.717) is 6.07 Å². The number of rotatable bonds is 1. The molecule has 0 saturated carbocycles. The topological polar surface area (TPSA) is 65.9 Å². The van der Waals surface area contributed by atoms with Gasteiger partial charge in [0.25, 0.3) is 0 Å². The third kappa shape index (κ3) is 2.99. The van der Waals surface area contributed by atoms with E-state index in [4.69, 9.17) is 5.26 Å². The number of hydrogen-bond acceptors (Lipinski definition) is 3. The van der Waals surface area contributed by atoms with Gasteiger partial charge in [0.15, 0.2) is 0 Å². The maximum Gasteiger partial charge on any atom is 0.574 e. The molecule has 80 valence electrons. The number of ether oxygens (including phenoxy) is 1. The summed E-state index contributed by atoms with van der Waals surface area (Å²) in [5.41, 5.74) is -1.11. The number of nitriles is 1. The molecule has 0 bridgehead atoms. The van der Waals surface area contributed by atoms with E-state index in [1.165, 1.54) is 6.07 Å². The van der Waals surface area contributed by atoms with Gasteiger partial charge in [-0.05, 0) is 15.9 Å². The van der Waals surface area contributed by atoms with Gasteiger partial charge in [-0.3, -0.25) is 4.79 Å². The SMILES string of the molecule is N#Cc1[nH]c(OC(F)(F)F)cc(=O)c1Br. The fourth-order valence-electron chi connectivity index (χ4n) is 0.776. The zero-order valence-corrected chi connectivity index (χ0v) is 8.44. The average molecular weight is 283 g/mol. The number of halogens is 4. The Kier molecular flexibility index (Phi) is 3.04. The van der Waals surface area contributed by atoms with Crippen LogP contribution in [0, 0.1) is 11.3 Å². The quantitative estimate of drug-likeness (QED) is 0.856. The highest BCUT2D eigenvalue weighted by Crippen LogP contribution is 2.21. The minimum absolute atomic E-state index is 0.139. The minimum Gasteiger partial charge on any atom is -0.390 e. The van der Waals surface area contributed by atoms with Gasteiger partial charge in [0, 0.05) is 6.07 Å². The standard InChI is InChI=1S/C7H2BrF3N2O2/c8-6-3(2-12)13-5(1-4(6)14)15-7(9,10)11/h1H,(H,13,14). The van der Waals surface area contributed by atoms with Crippen LogP contribution in [-0.2, 0) is 0 Å². The van der Waals surface area contributed by atoms with Gasteiger partial charge in [-0.1, -0.05) is 0 Å². The second-order valence-electron chi connectivity index (χ2n) is 2.35. The van der Waals surface area contributed by atoms with Gasteiger partial charge in [0.2, 0.25) is 11.3 Å². The smallest absolute Gasteiger partial charge is 0.390 e. The van der Waals surface area contributed by atoms with Crippen LogP contribution in [0.4, 0.5) is 13.2 Å². The highest BCUT2D eigenvalue weighted by Gasteiger charge is 2.32. The molecule has 1 aromatic rings. The lowest BCUT2D eigenvalue weighted by molar-refractivity contribution is -0.276. The monoisotopic (exact) mass is 282 g/mol. The molecule has 0 unspecified atom stereocenters. The van der Waals surface area contributed by atoms with E-state index in [0.717, 1.165) is 0 Å². The Labute approximate surface area is 89.4 Å². The maximum atomic E-state index is 11.8. The third-order valence-corrected chi connectivity index (χ3v) is 2.07. The number of aromatic nitrogens is 1. The summed E-state index contributed by atoms with van der Waals surface area (Å²) in [6, 6.07) is 2.11. The summed E-state index contributed by atoms with van der Waals surface area (Å²) in [5.74, 6) is -0.827. The Hall–Kier alpha value is -1.49. The van der Waals surface area contributed by atoms with Crippen LogP contribution in [0.5, 0.6) is 5.88 Å². The summed E-state index contributed by atoms with van der Waals surface area (Å²) in [5, 5.41) is 8.48. The number of aromatic amines is 1. The second kappa shape index (κ2) is 3.94. The number of H-pyrrole nitrogens is 1. The first-order chi connectivity index (χ1) is 6.83. The first-order valence-corrected chi connectivity index (χ1v) is 4.21. The molecule has 0 saturated heterocycles.